The minimum atomic E-state index is -0.455. The second kappa shape index (κ2) is 9.63. The first-order valence-electron chi connectivity index (χ1n) is 9.11. The van der Waals surface area contributed by atoms with E-state index in [-0.39, 0.29) is 36.7 Å². The van der Waals surface area contributed by atoms with Gasteiger partial charge in [0, 0.05) is 24.6 Å². The number of benzene rings is 2. The Morgan fingerprint density at radius 1 is 0.893 bits per heavy atom. The molecule has 1 aliphatic rings. The highest BCUT2D eigenvalue weighted by atomic mass is 16.2. The summed E-state index contributed by atoms with van der Waals surface area (Å²) >= 11 is 0. The summed E-state index contributed by atoms with van der Waals surface area (Å²) in [6.45, 7) is 0.175. The first-order chi connectivity index (χ1) is 13.6. The van der Waals surface area contributed by atoms with E-state index < -0.39 is 6.04 Å². The molecule has 1 fully saturated rings. The molecule has 0 aliphatic carbocycles. The molecule has 5 N–H and O–H groups in total. The summed E-state index contributed by atoms with van der Waals surface area (Å²) in [5.41, 5.74) is 12.4. The predicted molar refractivity (Wildman–Crippen MR) is 104 cm³/mol. The molecule has 146 valence electrons. The van der Waals surface area contributed by atoms with E-state index in [1.54, 1.807) is 24.3 Å². The Bertz CT molecular complexity index is 813. The molecule has 0 bridgehead atoms. The van der Waals surface area contributed by atoms with Crippen LogP contribution in [-0.4, -0.2) is 30.3 Å². The Balaban J connectivity index is 1.34. The number of hydrogen-bond acceptors (Lipinski definition) is 5. The van der Waals surface area contributed by atoms with Gasteiger partial charge in [-0.2, -0.15) is 0 Å². The maximum absolute atomic E-state index is 12.2. The third-order valence-corrected chi connectivity index (χ3v) is 4.42. The van der Waals surface area contributed by atoms with Gasteiger partial charge >= 0.3 is 0 Å². The molecule has 2 aromatic carbocycles. The van der Waals surface area contributed by atoms with Crippen molar-refractivity contribution in [1.82, 2.24) is 27.0 Å². The molecular formula is C20H23N5O3. The molecule has 0 saturated carbocycles. The van der Waals surface area contributed by atoms with Gasteiger partial charge < -0.3 is 5.32 Å². The predicted octanol–water partition coefficient (Wildman–Crippen LogP) is 0.562. The van der Waals surface area contributed by atoms with E-state index in [1.165, 1.54) is 0 Å². The van der Waals surface area contributed by atoms with Gasteiger partial charge in [0.1, 0.15) is 6.04 Å². The minimum Gasteiger partial charge on any atom is -0.352 e. The van der Waals surface area contributed by atoms with Crippen LogP contribution in [0.5, 0.6) is 0 Å². The van der Waals surface area contributed by atoms with Crippen molar-refractivity contribution in [2.24, 2.45) is 0 Å². The fourth-order valence-corrected chi connectivity index (χ4v) is 2.89. The normalized spacial score (nSPS) is 18.3. The average Bonchev–Trinajstić information content (AvgIpc) is 3.23. The van der Waals surface area contributed by atoms with Gasteiger partial charge in [0.05, 0.1) is 0 Å². The van der Waals surface area contributed by atoms with Gasteiger partial charge in [0.15, 0.2) is 0 Å². The van der Waals surface area contributed by atoms with E-state index in [2.05, 4.69) is 27.0 Å². The van der Waals surface area contributed by atoms with E-state index in [4.69, 9.17) is 0 Å². The van der Waals surface area contributed by atoms with Crippen LogP contribution in [0.25, 0.3) is 0 Å². The standard InChI is InChI=1S/C20H23N5O3/c26-18(11-12-21-19(27)15-9-5-2-6-10-15)24-25-20(28)17-13-16(22-23-17)14-7-3-1-4-8-14/h1-10,16-17,22-23H,11-13H2,(H,21,27)(H,24,26)(H,25,28). The lowest BCUT2D eigenvalue weighted by molar-refractivity contribution is -0.129. The topological polar surface area (TPSA) is 111 Å². The van der Waals surface area contributed by atoms with Gasteiger partial charge in [-0.25, -0.2) is 10.9 Å². The lowest BCUT2D eigenvalue weighted by atomic mass is 10.0. The van der Waals surface area contributed by atoms with Crippen molar-refractivity contribution in [2.75, 3.05) is 6.54 Å². The molecule has 2 atom stereocenters. The molecule has 8 heteroatoms. The monoisotopic (exact) mass is 381 g/mol. The molecule has 8 nitrogen and oxygen atoms in total. The van der Waals surface area contributed by atoms with Gasteiger partial charge in [0.25, 0.3) is 11.8 Å². The molecule has 1 aliphatic heterocycles. The van der Waals surface area contributed by atoms with Crippen molar-refractivity contribution in [2.45, 2.75) is 24.9 Å². The maximum Gasteiger partial charge on any atom is 0.256 e. The maximum atomic E-state index is 12.2. The Morgan fingerprint density at radius 2 is 1.57 bits per heavy atom. The van der Waals surface area contributed by atoms with Crippen LogP contribution in [0.15, 0.2) is 60.7 Å². The molecule has 28 heavy (non-hydrogen) atoms. The molecule has 2 unspecified atom stereocenters. The van der Waals surface area contributed by atoms with E-state index >= 15 is 0 Å². The van der Waals surface area contributed by atoms with Crippen LogP contribution >= 0.6 is 0 Å². The quantitative estimate of drug-likeness (QED) is 0.470. The van der Waals surface area contributed by atoms with Gasteiger partial charge in [-0.3, -0.25) is 25.2 Å². The van der Waals surface area contributed by atoms with Crippen molar-refractivity contribution >= 4 is 17.7 Å². The third kappa shape index (κ3) is 5.38. The van der Waals surface area contributed by atoms with Crippen molar-refractivity contribution in [3.05, 3.63) is 71.8 Å². The number of carbonyl (C=O) groups is 3. The molecule has 2 aromatic rings. The lowest BCUT2D eigenvalue weighted by Crippen LogP contribution is -2.50. The molecule has 0 aromatic heterocycles. The Morgan fingerprint density at radius 3 is 2.29 bits per heavy atom. The zero-order chi connectivity index (χ0) is 19.8. The largest absolute Gasteiger partial charge is 0.352 e. The van der Waals surface area contributed by atoms with Crippen LogP contribution in [-0.2, 0) is 9.59 Å². The van der Waals surface area contributed by atoms with Gasteiger partial charge in [-0.1, -0.05) is 48.5 Å². The lowest BCUT2D eigenvalue weighted by Gasteiger charge is -2.12. The third-order valence-electron chi connectivity index (χ3n) is 4.42. The second-order valence-corrected chi connectivity index (χ2v) is 6.45. The van der Waals surface area contributed by atoms with E-state index in [9.17, 15) is 14.4 Å². The average molecular weight is 381 g/mol. The zero-order valence-corrected chi connectivity index (χ0v) is 15.3. The van der Waals surface area contributed by atoms with Gasteiger partial charge in [-0.15, -0.1) is 0 Å². The molecule has 1 saturated heterocycles. The van der Waals surface area contributed by atoms with Crippen molar-refractivity contribution in [3.63, 3.8) is 0 Å². The fraction of sp³-hybridized carbons (Fsp3) is 0.250. The fourth-order valence-electron chi connectivity index (χ4n) is 2.89. The van der Waals surface area contributed by atoms with Crippen LogP contribution in [0.2, 0.25) is 0 Å². The summed E-state index contributed by atoms with van der Waals surface area (Å²) in [5, 5.41) is 2.66. The Labute approximate surface area is 163 Å². The SMILES string of the molecule is O=C(CCNC(=O)c1ccccc1)NNC(=O)C1CC(c2ccccc2)NN1. The molecule has 0 spiro atoms. The summed E-state index contributed by atoms with van der Waals surface area (Å²) < 4.78 is 0. The molecular weight excluding hydrogens is 358 g/mol. The summed E-state index contributed by atoms with van der Waals surface area (Å²) in [4.78, 5) is 35.9. The Kier molecular flexibility index (Phi) is 6.72. The molecule has 3 rings (SSSR count). The van der Waals surface area contributed by atoms with Crippen LogP contribution in [0.3, 0.4) is 0 Å². The molecule has 3 amide bonds. The first kappa shape index (κ1) is 19.5. The van der Waals surface area contributed by atoms with Crippen LogP contribution < -0.4 is 27.0 Å². The summed E-state index contributed by atoms with van der Waals surface area (Å²) in [6.07, 6.45) is 0.626. The Hall–Kier alpha value is -3.23. The first-order valence-corrected chi connectivity index (χ1v) is 9.11. The van der Waals surface area contributed by atoms with Gasteiger partial charge in [0.2, 0.25) is 5.91 Å². The smallest absolute Gasteiger partial charge is 0.256 e. The highest BCUT2D eigenvalue weighted by Gasteiger charge is 2.30. The summed E-state index contributed by atoms with van der Waals surface area (Å²) in [6, 6.07) is 18.1. The van der Waals surface area contributed by atoms with Gasteiger partial charge in [-0.05, 0) is 24.1 Å². The number of nitrogens with one attached hydrogen (secondary N) is 5. The summed E-state index contributed by atoms with van der Waals surface area (Å²) in [7, 11) is 0. The van der Waals surface area contributed by atoms with Crippen LogP contribution in [0.4, 0.5) is 0 Å². The highest BCUT2D eigenvalue weighted by Crippen LogP contribution is 2.21. The highest BCUT2D eigenvalue weighted by molar-refractivity contribution is 5.94. The summed E-state index contributed by atoms with van der Waals surface area (Å²) in [5.74, 6) is -0.953. The van der Waals surface area contributed by atoms with E-state index in [0.29, 0.717) is 12.0 Å². The van der Waals surface area contributed by atoms with Crippen molar-refractivity contribution < 1.29 is 14.4 Å². The van der Waals surface area contributed by atoms with Crippen LogP contribution in [0.1, 0.15) is 34.8 Å². The number of amides is 3. The second-order valence-electron chi connectivity index (χ2n) is 6.45. The molecule has 1 heterocycles. The number of hydrogen-bond donors (Lipinski definition) is 5. The molecule has 0 radical (unpaired) electrons. The van der Waals surface area contributed by atoms with E-state index in [1.807, 2.05) is 36.4 Å². The number of hydrazine groups is 2. The van der Waals surface area contributed by atoms with Crippen molar-refractivity contribution in [3.8, 4) is 0 Å². The number of carbonyl (C=O) groups excluding carboxylic acids is 3. The van der Waals surface area contributed by atoms with E-state index in [0.717, 1.165) is 5.56 Å². The van der Waals surface area contributed by atoms with Crippen molar-refractivity contribution in [1.29, 1.82) is 0 Å². The van der Waals surface area contributed by atoms with Crippen LogP contribution in [0, 0.1) is 0 Å². The zero-order valence-electron chi connectivity index (χ0n) is 15.3. The number of rotatable bonds is 6. The minimum absolute atomic E-state index is 0.0286.